The minimum absolute atomic E-state index is 0. The van der Waals surface area contributed by atoms with Crippen LogP contribution >= 0.6 is 35.3 Å². The van der Waals surface area contributed by atoms with Crippen LogP contribution in [0.4, 0.5) is 0 Å². The van der Waals surface area contributed by atoms with E-state index in [0.717, 1.165) is 57.2 Å². The number of rotatable bonds is 11. The molecule has 0 radical (unpaired) electrons. The summed E-state index contributed by atoms with van der Waals surface area (Å²) in [5.41, 5.74) is 0.110. The molecule has 0 amide bonds. The van der Waals surface area contributed by atoms with Gasteiger partial charge in [-0.25, -0.2) is 0 Å². The molecular formula is C20H32IN3O2S. The van der Waals surface area contributed by atoms with Crippen molar-refractivity contribution < 1.29 is 9.15 Å². The molecule has 0 aliphatic carbocycles. The maximum absolute atomic E-state index is 5.39. The summed E-state index contributed by atoms with van der Waals surface area (Å²) in [6.07, 6.45) is 4.54. The third-order valence-corrected chi connectivity index (χ3v) is 5.07. The lowest BCUT2D eigenvalue weighted by molar-refractivity contribution is 0.155. The summed E-state index contributed by atoms with van der Waals surface area (Å²) in [5.74, 6) is 1.84. The third-order valence-electron chi connectivity index (χ3n) is 4.14. The number of nitrogens with one attached hydrogen (secondary N) is 2. The van der Waals surface area contributed by atoms with Crippen LogP contribution in [0.15, 0.2) is 45.3 Å². The lowest BCUT2D eigenvalue weighted by Crippen LogP contribution is -2.40. The minimum Gasteiger partial charge on any atom is -0.469 e. The van der Waals surface area contributed by atoms with Crippen molar-refractivity contribution in [3.8, 4) is 0 Å². The number of ether oxygens (including phenoxy) is 1. The van der Waals surface area contributed by atoms with Crippen molar-refractivity contribution in [1.29, 1.82) is 0 Å². The zero-order valence-corrected chi connectivity index (χ0v) is 19.6. The van der Waals surface area contributed by atoms with Crippen molar-refractivity contribution in [2.45, 2.75) is 33.1 Å². The molecule has 2 aromatic rings. The van der Waals surface area contributed by atoms with Gasteiger partial charge in [0.05, 0.1) is 6.26 Å². The second-order valence-corrected chi connectivity index (χ2v) is 8.12. The van der Waals surface area contributed by atoms with Crippen LogP contribution in [0.5, 0.6) is 0 Å². The molecule has 0 saturated heterocycles. The van der Waals surface area contributed by atoms with E-state index < -0.39 is 0 Å². The molecule has 152 valence electrons. The average molecular weight is 505 g/mol. The van der Waals surface area contributed by atoms with E-state index in [0.29, 0.717) is 0 Å². The Hall–Kier alpha value is -1.06. The van der Waals surface area contributed by atoms with Crippen LogP contribution in [0.1, 0.15) is 30.9 Å². The molecule has 0 atom stereocenters. The highest BCUT2D eigenvalue weighted by Crippen LogP contribution is 2.20. The SMILES string of the molecule is COCCC(C)(C)CN=C(NCCc1ccco1)NCCc1cccs1.I. The molecule has 0 bridgehead atoms. The van der Waals surface area contributed by atoms with Gasteiger partial charge in [-0.15, -0.1) is 35.3 Å². The predicted molar refractivity (Wildman–Crippen MR) is 124 cm³/mol. The number of methoxy groups -OCH3 is 1. The first-order valence-corrected chi connectivity index (χ1v) is 10.0. The Kier molecular flexibility index (Phi) is 11.7. The van der Waals surface area contributed by atoms with Gasteiger partial charge in [-0.3, -0.25) is 4.99 Å². The number of hydrogen-bond donors (Lipinski definition) is 2. The molecule has 2 rings (SSSR count). The maximum Gasteiger partial charge on any atom is 0.191 e. The fourth-order valence-electron chi connectivity index (χ4n) is 2.44. The van der Waals surface area contributed by atoms with Gasteiger partial charge in [0.25, 0.3) is 0 Å². The summed E-state index contributed by atoms with van der Waals surface area (Å²) in [6, 6.07) is 8.18. The van der Waals surface area contributed by atoms with Crippen molar-refractivity contribution in [3.05, 3.63) is 46.5 Å². The molecule has 27 heavy (non-hydrogen) atoms. The quantitative estimate of drug-likeness (QED) is 0.271. The molecule has 0 spiro atoms. The largest absolute Gasteiger partial charge is 0.469 e. The fraction of sp³-hybridized carbons (Fsp3) is 0.550. The number of thiophene rings is 1. The van der Waals surface area contributed by atoms with E-state index >= 15 is 0 Å². The third kappa shape index (κ3) is 10.2. The Bertz CT molecular complexity index is 585. The van der Waals surface area contributed by atoms with E-state index in [-0.39, 0.29) is 29.4 Å². The Labute approximate surface area is 184 Å². The first kappa shape index (κ1) is 24.0. The number of guanidine groups is 1. The van der Waals surface area contributed by atoms with Crippen LogP contribution in [-0.2, 0) is 17.6 Å². The first-order chi connectivity index (χ1) is 12.6. The standard InChI is InChI=1S/C20H31N3O2S.HI/c1-20(2,10-14-24-3)16-23-19(21-11-8-17-6-4-13-25-17)22-12-9-18-7-5-15-26-18;/h4-7,13,15H,8-12,14,16H2,1-3H3,(H2,21,22,23);1H. The summed E-state index contributed by atoms with van der Waals surface area (Å²) < 4.78 is 10.6. The lowest BCUT2D eigenvalue weighted by atomic mass is 9.90. The highest BCUT2D eigenvalue weighted by molar-refractivity contribution is 14.0. The molecule has 0 aliphatic rings. The average Bonchev–Trinajstić information content (AvgIpc) is 3.31. The van der Waals surface area contributed by atoms with E-state index in [4.69, 9.17) is 14.1 Å². The van der Waals surface area contributed by atoms with Crippen molar-refractivity contribution in [3.63, 3.8) is 0 Å². The molecule has 0 unspecified atom stereocenters. The maximum atomic E-state index is 5.39. The van der Waals surface area contributed by atoms with E-state index in [1.165, 1.54) is 4.88 Å². The highest BCUT2D eigenvalue weighted by atomic mass is 127. The van der Waals surface area contributed by atoms with Gasteiger partial charge in [-0.2, -0.15) is 0 Å². The molecule has 2 heterocycles. The predicted octanol–water partition coefficient (Wildman–Crippen LogP) is 4.34. The summed E-state index contributed by atoms with van der Waals surface area (Å²) in [5, 5.41) is 8.98. The zero-order chi connectivity index (χ0) is 18.7. The summed E-state index contributed by atoms with van der Waals surface area (Å²) in [7, 11) is 1.74. The van der Waals surface area contributed by atoms with Crippen LogP contribution in [0.3, 0.4) is 0 Å². The molecule has 5 nitrogen and oxygen atoms in total. The second-order valence-electron chi connectivity index (χ2n) is 7.08. The van der Waals surface area contributed by atoms with Gasteiger partial charge in [0.1, 0.15) is 5.76 Å². The monoisotopic (exact) mass is 505 g/mol. The van der Waals surface area contributed by atoms with Crippen molar-refractivity contribution >= 4 is 41.3 Å². The van der Waals surface area contributed by atoms with Crippen LogP contribution in [0.25, 0.3) is 0 Å². The van der Waals surface area contributed by atoms with Gasteiger partial charge in [0.15, 0.2) is 5.96 Å². The number of aliphatic imine (C=N–C) groups is 1. The van der Waals surface area contributed by atoms with Gasteiger partial charge in [0.2, 0.25) is 0 Å². The van der Waals surface area contributed by atoms with Gasteiger partial charge in [0, 0.05) is 44.6 Å². The smallest absolute Gasteiger partial charge is 0.191 e. The minimum atomic E-state index is 0. The Morgan fingerprint density at radius 3 is 2.59 bits per heavy atom. The van der Waals surface area contributed by atoms with E-state index in [2.05, 4.69) is 42.0 Å². The molecule has 7 heteroatoms. The highest BCUT2D eigenvalue weighted by Gasteiger charge is 2.17. The molecule has 2 aromatic heterocycles. The zero-order valence-electron chi connectivity index (χ0n) is 16.5. The molecule has 2 N–H and O–H groups in total. The first-order valence-electron chi connectivity index (χ1n) is 9.15. The van der Waals surface area contributed by atoms with Crippen molar-refractivity contribution in [2.24, 2.45) is 10.4 Å². The lowest BCUT2D eigenvalue weighted by Gasteiger charge is -2.22. The Morgan fingerprint density at radius 1 is 1.19 bits per heavy atom. The summed E-state index contributed by atoms with van der Waals surface area (Å²) >= 11 is 1.79. The number of furan rings is 1. The Balaban J connectivity index is 0.00000364. The number of nitrogens with zero attached hydrogens (tertiary/aromatic N) is 1. The van der Waals surface area contributed by atoms with Gasteiger partial charge >= 0.3 is 0 Å². The van der Waals surface area contributed by atoms with E-state index in [1.54, 1.807) is 24.7 Å². The number of hydrogen-bond acceptors (Lipinski definition) is 4. The van der Waals surface area contributed by atoms with Crippen LogP contribution in [0.2, 0.25) is 0 Å². The van der Waals surface area contributed by atoms with Gasteiger partial charge in [-0.1, -0.05) is 19.9 Å². The van der Waals surface area contributed by atoms with Gasteiger partial charge in [-0.05, 0) is 41.8 Å². The molecule has 0 saturated carbocycles. The Morgan fingerprint density at radius 2 is 1.96 bits per heavy atom. The van der Waals surface area contributed by atoms with E-state index in [1.807, 2.05) is 12.1 Å². The summed E-state index contributed by atoms with van der Waals surface area (Å²) in [6.45, 7) is 7.62. The normalized spacial score (nSPS) is 11.9. The second kappa shape index (κ2) is 13.2. The van der Waals surface area contributed by atoms with Crippen LogP contribution in [0, 0.1) is 5.41 Å². The molecule has 0 aliphatic heterocycles. The van der Waals surface area contributed by atoms with E-state index in [9.17, 15) is 0 Å². The van der Waals surface area contributed by atoms with Crippen LogP contribution in [-0.4, -0.2) is 39.3 Å². The molecular weight excluding hydrogens is 473 g/mol. The van der Waals surface area contributed by atoms with Crippen LogP contribution < -0.4 is 10.6 Å². The fourth-order valence-corrected chi connectivity index (χ4v) is 3.15. The molecule has 0 aromatic carbocycles. The molecule has 0 fully saturated rings. The summed E-state index contributed by atoms with van der Waals surface area (Å²) in [4.78, 5) is 6.18. The number of halogens is 1. The van der Waals surface area contributed by atoms with Gasteiger partial charge < -0.3 is 19.8 Å². The van der Waals surface area contributed by atoms with Crippen molar-refractivity contribution in [2.75, 3.05) is 33.4 Å². The van der Waals surface area contributed by atoms with Crippen molar-refractivity contribution in [1.82, 2.24) is 10.6 Å². The topological polar surface area (TPSA) is 58.8 Å².